The number of hydrogen-bond acceptors (Lipinski definition) is 5. The Labute approximate surface area is 84.9 Å². The van der Waals surface area contributed by atoms with E-state index in [1.54, 1.807) is 31.4 Å². The molecule has 0 aliphatic heterocycles. The second kappa shape index (κ2) is 3.87. The van der Waals surface area contributed by atoms with E-state index < -0.39 is 5.69 Å². The van der Waals surface area contributed by atoms with Gasteiger partial charge in [-0.2, -0.15) is 0 Å². The lowest BCUT2D eigenvalue weighted by Gasteiger charge is -2.00. The Bertz CT molecular complexity index is 486. The molecule has 1 aromatic carbocycles. The number of methoxy groups -OCH3 is 1. The number of nitrogens with one attached hydrogen (secondary N) is 1. The van der Waals surface area contributed by atoms with Gasteiger partial charge in [0.05, 0.1) is 7.11 Å². The number of benzene rings is 1. The van der Waals surface area contributed by atoms with Crippen molar-refractivity contribution >= 4 is 0 Å². The molecule has 0 radical (unpaired) electrons. The van der Waals surface area contributed by atoms with Gasteiger partial charge in [0.15, 0.2) is 0 Å². The molecule has 0 amide bonds. The third-order valence-electron chi connectivity index (χ3n) is 1.84. The van der Waals surface area contributed by atoms with Gasteiger partial charge in [-0.25, -0.2) is 9.89 Å². The fourth-order valence-electron chi connectivity index (χ4n) is 1.10. The summed E-state index contributed by atoms with van der Waals surface area (Å²) in [5.74, 6) is 1.12. The lowest BCUT2D eigenvalue weighted by molar-refractivity contribution is 0.415. The highest BCUT2D eigenvalue weighted by molar-refractivity contribution is 5.54. The molecule has 0 aliphatic carbocycles. The highest BCUT2D eigenvalue weighted by atomic mass is 16.5. The summed E-state index contributed by atoms with van der Waals surface area (Å²) in [5.41, 5.74) is 0.201. The van der Waals surface area contributed by atoms with Crippen molar-refractivity contribution in [2.45, 2.75) is 0 Å². The van der Waals surface area contributed by atoms with Crippen LogP contribution in [0.15, 0.2) is 29.1 Å². The standard InChI is InChI=1S/C9H8N4O2/c1-15-7-4-2-6(3-5-7)8-10-12-9(14)13-11-8/h2-5H,1H3,(H,12,13,14). The minimum Gasteiger partial charge on any atom is -0.497 e. The molecule has 0 spiro atoms. The van der Waals surface area contributed by atoms with E-state index in [2.05, 4.69) is 20.4 Å². The van der Waals surface area contributed by atoms with Crippen molar-refractivity contribution in [1.29, 1.82) is 0 Å². The van der Waals surface area contributed by atoms with Gasteiger partial charge in [0, 0.05) is 5.56 Å². The molecular weight excluding hydrogens is 196 g/mol. The normalized spacial score (nSPS) is 9.93. The Morgan fingerprint density at radius 1 is 1.20 bits per heavy atom. The monoisotopic (exact) mass is 204 g/mol. The molecule has 0 fully saturated rings. The van der Waals surface area contributed by atoms with Crippen LogP contribution in [0.2, 0.25) is 0 Å². The van der Waals surface area contributed by atoms with Gasteiger partial charge in [-0.05, 0) is 24.3 Å². The lowest BCUT2D eigenvalue weighted by atomic mass is 10.2. The van der Waals surface area contributed by atoms with Gasteiger partial charge in [-0.1, -0.05) is 5.10 Å². The second-order valence-electron chi connectivity index (χ2n) is 2.78. The highest BCUT2D eigenvalue weighted by Crippen LogP contribution is 2.17. The third kappa shape index (κ3) is 1.98. The van der Waals surface area contributed by atoms with E-state index >= 15 is 0 Å². The van der Waals surface area contributed by atoms with E-state index in [9.17, 15) is 4.79 Å². The van der Waals surface area contributed by atoms with Crippen LogP contribution < -0.4 is 10.4 Å². The van der Waals surface area contributed by atoms with Gasteiger partial charge in [0.25, 0.3) is 0 Å². The molecule has 6 heteroatoms. The van der Waals surface area contributed by atoms with Gasteiger partial charge in [0.1, 0.15) is 5.75 Å². The quantitative estimate of drug-likeness (QED) is 0.757. The lowest BCUT2D eigenvalue weighted by Crippen LogP contribution is -2.14. The summed E-state index contributed by atoms with van der Waals surface area (Å²) in [6.45, 7) is 0. The summed E-state index contributed by atoms with van der Waals surface area (Å²) in [6, 6.07) is 7.13. The molecule has 0 unspecified atom stereocenters. The molecule has 1 N–H and O–H groups in total. The van der Waals surface area contributed by atoms with E-state index in [4.69, 9.17) is 4.74 Å². The van der Waals surface area contributed by atoms with Crippen molar-refractivity contribution in [3.63, 3.8) is 0 Å². The van der Waals surface area contributed by atoms with Gasteiger partial charge in [-0.3, -0.25) is 0 Å². The molecule has 0 aliphatic rings. The van der Waals surface area contributed by atoms with Crippen LogP contribution in [0.4, 0.5) is 0 Å². The zero-order valence-corrected chi connectivity index (χ0v) is 7.97. The SMILES string of the molecule is COc1ccc(-c2nnc(=O)[nH]n2)cc1. The fraction of sp³-hybridized carbons (Fsp3) is 0.111. The molecule has 0 atom stereocenters. The summed E-state index contributed by atoms with van der Waals surface area (Å²) >= 11 is 0. The van der Waals surface area contributed by atoms with Crippen LogP contribution >= 0.6 is 0 Å². The number of nitrogens with zero attached hydrogens (tertiary/aromatic N) is 3. The van der Waals surface area contributed by atoms with E-state index in [-0.39, 0.29) is 0 Å². The summed E-state index contributed by atoms with van der Waals surface area (Å²) in [4.78, 5) is 10.6. The molecule has 1 aromatic heterocycles. The predicted molar refractivity (Wildman–Crippen MR) is 52.4 cm³/mol. The van der Waals surface area contributed by atoms with Crippen LogP contribution in [-0.4, -0.2) is 27.5 Å². The van der Waals surface area contributed by atoms with Crippen molar-refractivity contribution in [3.8, 4) is 17.1 Å². The average molecular weight is 204 g/mol. The molecule has 2 rings (SSSR count). The first-order valence-corrected chi connectivity index (χ1v) is 4.23. The number of aromatic nitrogens is 4. The molecule has 0 bridgehead atoms. The van der Waals surface area contributed by atoms with Gasteiger partial charge >= 0.3 is 5.69 Å². The molecule has 6 nitrogen and oxygen atoms in total. The molecule has 76 valence electrons. The Hall–Kier alpha value is -2.24. The maximum Gasteiger partial charge on any atom is 0.380 e. The number of hydrogen-bond donors (Lipinski definition) is 1. The Morgan fingerprint density at radius 3 is 2.47 bits per heavy atom. The van der Waals surface area contributed by atoms with Gasteiger partial charge < -0.3 is 4.74 Å². The van der Waals surface area contributed by atoms with Gasteiger partial charge in [-0.15, -0.1) is 10.2 Å². The maximum atomic E-state index is 10.6. The number of rotatable bonds is 2. The van der Waals surface area contributed by atoms with Crippen LogP contribution in [0, 0.1) is 0 Å². The Morgan fingerprint density at radius 2 is 1.93 bits per heavy atom. The number of ether oxygens (including phenoxy) is 1. The summed E-state index contributed by atoms with van der Waals surface area (Å²) in [5, 5.41) is 13.0. The number of H-pyrrole nitrogens is 1. The predicted octanol–water partition coefficient (Wildman–Crippen LogP) is 0.235. The van der Waals surface area contributed by atoms with Crippen LogP contribution in [-0.2, 0) is 0 Å². The van der Waals surface area contributed by atoms with Crippen LogP contribution in [0.5, 0.6) is 5.75 Å². The summed E-state index contributed by atoms with van der Waals surface area (Å²) in [7, 11) is 1.59. The second-order valence-corrected chi connectivity index (χ2v) is 2.78. The first-order valence-electron chi connectivity index (χ1n) is 4.23. The first-order chi connectivity index (χ1) is 7.29. The highest BCUT2D eigenvalue weighted by Gasteiger charge is 2.01. The van der Waals surface area contributed by atoms with E-state index in [0.29, 0.717) is 5.82 Å². The first kappa shape index (κ1) is 9.32. The smallest absolute Gasteiger partial charge is 0.380 e. The molecule has 1 heterocycles. The topological polar surface area (TPSA) is 80.8 Å². The van der Waals surface area contributed by atoms with Crippen molar-refractivity contribution in [2.75, 3.05) is 7.11 Å². The summed E-state index contributed by atoms with van der Waals surface area (Å²) in [6.07, 6.45) is 0. The number of aromatic amines is 1. The largest absolute Gasteiger partial charge is 0.497 e. The third-order valence-corrected chi connectivity index (χ3v) is 1.84. The van der Waals surface area contributed by atoms with Crippen LogP contribution in [0.25, 0.3) is 11.4 Å². The molecule has 0 saturated heterocycles. The van der Waals surface area contributed by atoms with Crippen molar-refractivity contribution in [2.24, 2.45) is 0 Å². The Kier molecular flexibility index (Phi) is 2.40. The summed E-state index contributed by atoms with van der Waals surface area (Å²) < 4.78 is 5.01. The average Bonchev–Trinajstić information content (AvgIpc) is 2.30. The van der Waals surface area contributed by atoms with Crippen molar-refractivity contribution < 1.29 is 4.74 Å². The molecule has 15 heavy (non-hydrogen) atoms. The van der Waals surface area contributed by atoms with Crippen molar-refractivity contribution in [3.05, 3.63) is 34.7 Å². The van der Waals surface area contributed by atoms with Gasteiger partial charge in [0.2, 0.25) is 5.82 Å². The molecular formula is C9H8N4O2. The Balaban J connectivity index is 2.37. The minimum absolute atomic E-state index is 0.372. The zero-order chi connectivity index (χ0) is 10.7. The van der Waals surface area contributed by atoms with Crippen LogP contribution in [0.1, 0.15) is 0 Å². The fourth-order valence-corrected chi connectivity index (χ4v) is 1.10. The van der Waals surface area contributed by atoms with E-state index in [0.717, 1.165) is 11.3 Å². The molecule has 2 aromatic rings. The van der Waals surface area contributed by atoms with E-state index in [1.807, 2.05) is 0 Å². The van der Waals surface area contributed by atoms with Crippen LogP contribution in [0.3, 0.4) is 0 Å². The minimum atomic E-state index is -0.563. The molecule has 0 saturated carbocycles. The maximum absolute atomic E-state index is 10.6. The van der Waals surface area contributed by atoms with E-state index in [1.165, 1.54) is 0 Å². The van der Waals surface area contributed by atoms with Crippen molar-refractivity contribution in [1.82, 2.24) is 20.4 Å². The zero-order valence-electron chi connectivity index (χ0n) is 7.97.